The number of hydrogen-bond donors (Lipinski definition) is 3. The van der Waals surface area contributed by atoms with Gasteiger partial charge in [-0.15, -0.1) is 0 Å². The van der Waals surface area contributed by atoms with Crippen LogP contribution in [0.25, 0.3) is 0 Å². The van der Waals surface area contributed by atoms with Crippen molar-refractivity contribution in [2.24, 2.45) is 11.8 Å². The zero-order valence-corrected chi connectivity index (χ0v) is 6.96. The molecule has 0 aromatic carbocycles. The van der Waals surface area contributed by atoms with Gasteiger partial charge in [0.1, 0.15) is 0 Å². The van der Waals surface area contributed by atoms with Crippen LogP contribution in [0.4, 0.5) is 0 Å². The van der Waals surface area contributed by atoms with Crippen molar-refractivity contribution in [2.75, 3.05) is 0 Å². The lowest BCUT2D eigenvalue weighted by Gasteiger charge is -2.01. The average molecular weight is 171 g/mol. The van der Waals surface area contributed by atoms with Gasteiger partial charge < -0.3 is 5.32 Å². The van der Waals surface area contributed by atoms with E-state index in [1.807, 2.05) is 0 Å². The lowest BCUT2D eigenvalue weighted by Crippen LogP contribution is -2.44. The van der Waals surface area contributed by atoms with Crippen molar-refractivity contribution in [3.63, 3.8) is 0 Å². The molecule has 5 heteroatoms. The van der Waals surface area contributed by atoms with Crippen molar-refractivity contribution in [1.29, 1.82) is 0 Å². The summed E-state index contributed by atoms with van der Waals surface area (Å²) >= 11 is 0. The molecule has 68 valence electrons. The Hall–Kier alpha value is -1.10. The maximum Gasteiger partial charge on any atom is 0.323 e. The minimum Gasteiger partial charge on any atom is -0.345 e. The third-order valence-electron chi connectivity index (χ3n) is 2.10. The average Bonchev–Trinajstić information content (AvgIpc) is 2.81. The van der Waals surface area contributed by atoms with Gasteiger partial charge in [0.15, 0.2) is 0 Å². The Morgan fingerprint density at radius 2 is 2.17 bits per heavy atom. The number of nitrogens with two attached hydrogens (primary N) is 1. The van der Waals surface area contributed by atoms with Crippen LogP contribution in [-0.4, -0.2) is 17.9 Å². The highest BCUT2D eigenvalue weighted by Crippen LogP contribution is 2.32. The molecule has 1 aliphatic rings. The lowest BCUT2D eigenvalue weighted by atomic mass is 10.3. The van der Waals surface area contributed by atoms with E-state index in [0.29, 0.717) is 5.92 Å². The highest BCUT2D eigenvalue weighted by atomic mass is 16.2. The van der Waals surface area contributed by atoms with Crippen molar-refractivity contribution in [1.82, 2.24) is 10.7 Å². The number of rotatable bonds is 2. The molecular weight excluding hydrogens is 158 g/mol. The molecule has 0 heterocycles. The monoisotopic (exact) mass is 171 g/mol. The molecule has 0 saturated heterocycles. The van der Waals surface area contributed by atoms with Crippen LogP contribution in [0.5, 0.6) is 0 Å². The summed E-state index contributed by atoms with van der Waals surface area (Å²) in [6.45, 7) is 2.06. The van der Waals surface area contributed by atoms with Crippen molar-refractivity contribution in [3.8, 4) is 0 Å². The van der Waals surface area contributed by atoms with Gasteiger partial charge in [0.25, 0.3) is 0 Å². The zero-order chi connectivity index (χ0) is 9.14. The smallest absolute Gasteiger partial charge is 0.323 e. The van der Waals surface area contributed by atoms with Crippen LogP contribution in [0.1, 0.15) is 19.8 Å². The number of carbonyl (C=O) groups excluding carboxylic acids is 2. The predicted octanol–water partition coefficient (Wildman–Crippen LogP) is -1.11. The van der Waals surface area contributed by atoms with Crippen LogP contribution in [0.15, 0.2) is 0 Å². The van der Waals surface area contributed by atoms with E-state index in [-0.39, 0.29) is 6.04 Å². The molecule has 1 fully saturated rings. The van der Waals surface area contributed by atoms with Crippen LogP contribution in [0.2, 0.25) is 0 Å². The molecule has 1 aliphatic carbocycles. The van der Waals surface area contributed by atoms with Crippen LogP contribution in [-0.2, 0) is 9.59 Å². The van der Waals surface area contributed by atoms with Crippen LogP contribution < -0.4 is 16.6 Å². The molecule has 0 bridgehead atoms. The zero-order valence-electron chi connectivity index (χ0n) is 6.96. The Morgan fingerprint density at radius 3 is 2.58 bits per heavy atom. The molecule has 12 heavy (non-hydrogen) atoms. The summed E-state index contributed by atoms with van der Waals surface area (Å²) in [6.07, 6.45) is 2.01. The second-order valence-corrected chi connectivity index (χ2v) is 2.96. The standard InChI is InChI=1S/C7H13N3O2/c1-2-4-3-5(4)9-6(11)7(12)10-8/h4-5H,2-3,8H2,1H3,(H,9,11)(H,10,12). The Balaban J connectivity index is 2.24. The third kappa shape index (κ3) is 1.94. The summed E-state index contributed by atoms with van der Waals surface area (Å²) in [7, 11) is 0. The van der Waals surface area contributed by atoms with Gasteiger partial charge in [0, 0.05) is 6.04 Å². The van der Waals surface area contributed by atoms with Gasteiger partial charge in [-0.1, -0.05) is 13.3 Å². The summed E-state index contributed by atoms with van der Waals surface area (Å²) in [6, 6.07) is 0.180. The van der Waals surface area contributed by atoms with Gasteiger partial charge in [-0.2, -0.15) is 0 Å². The first kappa shape index (κ1) is 8.99. The fourth-order valence-electron chi connectivity index (χ4n) is 1.18. The van der Waals surface area contributed by atoms with Gasteiger partial charge in [0.05, 0.1) is 0 Å². The van der Waals surface area contributed by atoms with Crippen molar-refractivity contribution >= 4 is 11.8 Å². The van der Waals surface area contributed by atoms with Crippen LogP contribution in [0, 0.1) is 5.92 Å². The largest absolute Gasteiger partial charge is 0.345 e. The van der Waals surface area contributed by atoms with E-state index in [2.05, 4.69) is 12.2 Å². The molecule has 0 aliphatic heterocycles. The molecule has 1 rings (SSSR count). The molecule has 0 radical (unpaired) electrons. The van der Waals surface area contributed by atoms with Crippen molar-refractivity contribution in [2.45, 2.75) is 25.8 Å². The fraction of sp³-hybridized carbons (Fsp3) is 0.714. The van der Waals surface area contributed by atoms with Crippen LogP contribution in [0.3, 0.4) is 0 Å². The molecule has 2 amide bonds. The molecule has 5 nitrogen and oxygen atoms in total. The van der Waals surface area contributed by atoms with E-state index < -0.39 is 11.8 Å². The van der Waals surface area contributed by atoms with Crippen LogP contribution >= 0.6 is 0 Å². The summed E-state index contributed by atoms with van der Waals surface area (Å²) in [5, 5.41) is 2.57. The Bertz CT molecular complexity index is 205. The maximum atomic E-state index is 10.9. The molecule has 0 aromatic heterocycles. The second kappa shape index (κ2) is 3.53. The minimum atomic E-state index is -0.781. The number of carbonyl (C=O) groups is 2. The lowest BCUT2D eigenvalue weighted by molar-refractivity contribution is -0.139. The maximum absolute atomic E-state index is 10.9. The first-order chi connectivity index (χ1) is 5.69. The number of hydrazine groups is 1. The topological polar surface area (TPSA) is 84.2 Å². The third-order valence-corrected chi connectivity index (χ3v) is 2.10. The molecule has 2 atom stereocenters. The van der Waals surface area contributed by atoms with E-state index in [4.69, 9.17) is 5.84 Å². The Labute approximate surface area is 70.7 Å². The highest BCUT2D eigenvalue weighted by molar-refractivity contribution is 6.35. The van der Waals surface area contributed by atoms with E-state index >= 15 is 0 Å². The van der Waals surface area contributed by atoms with Gasteiger partial charge >= 0.3 is 11.8 Å². The molecule has 2 unspecified atom stereocenters. The Kier molecular flexibility index (Phi) is 2.65. The summed E-state index contributed by atoms with van der Waals surface area (Å²) in [5.41, 5.74) is 1.78. The van der Waals surface area contributed by atoms with E-state index in [0.717, 1.165) is 12.8 Å². The molecular formula is C7H13N3O2. The normalized spacial score (nSPS) is 26.2. The number of amides is 2. The first-order valence-electron chi connectivity index (χ1n) is 4.00. The highest BCUT2D eigenvalue weighted by Gasteiger charge is 2.37. The Morgan fingerprint density at radius 1 is 1.50 bits per heavy atom. The summed E-state index contributed by atoms with van der Waals surface area (Å²) in [5.74, 6) is 3.90. The number of hydrogen-bond acceptors (Lipinski definition) is 3. The van der Waals surface area contributed by atoms with Gasteiger partial charge in [0.2, 0.25) is 0 Å². The van der Waals surface area contributed by atoms with Crippen molar-refractivity contribution in [3.05, 3.63) is 0 Å². The van der Waals surface area contributed by atoms with E-state index in [9.17, 15) is 9.59 Å². The van der Waals surface area contributed by atoms with E-state index in [1.165, 1.54) is 0 Å². The predicted molar refractivity (Wildman–Crippen MR) is 42.7 cm³/mol. The first-order valence-corrected chi connectivity index (χ1v) is 4.00. The fourth-order valence-corrected chi connectivity index (χ4v) is 1.18. The SMILES string of the molecule is CCC1CC1NC(=O)C(=O)NN. The second-order valence-electron chi connectivity index (χ2n) is 2.96. The van der Waals surface area contributed by atoms with E-state index in [1.54, 1.807) is 5.43 Å². The summed E-state index contributed by atoms with van der Waals surface area (Å²) < 4.78 is 0. The molecule has 0 aromatic rings. The number of nitrogens with one attached hydrogen (secondary N) is 2. The summed E-state index contributed by atoms with van der Waals surface area (Å²) in [4.78, 5) is 21.5. The molecule has 4 N–H and O–H groups in total. The molecule has 0 spiro atoms. The van der Waals surface area contributed by atoms with Gasteiger partial charge in [-0.05, 0) is 12.3 Å². The van der Waals surface area contributed by atoms with Crippen molar-refractivity contribution < 1.29 is 9.59 Å². The minimum absolute atomic E-state index is 0.180. The molecule has 1 saturated carbocycles. The van der Waals surface area contributed by atoms with Gasteiger partial charge in [-0.25, -0.2) is 5.84 Å². The quantitative estimate of drug-likeness (QED) is 0.213. The van der Waals surface area contributed by atoms with Gasteiger partial charge in [-0.3, -0.25) is 15.0 Å².